The van der Waals surface area contributed by atoms with E-state index in [9.17, 15) is 24.6 Å². The molecule has 5 rings (SSSR count). The molecule has 11 atom stereocenters. The van der Waals surface area contributed by atoms with E-state index >= 15 is 4.39 Å². The summed E-state index contributed by atoms with van der Waals surface area (Å²) in [6.45, 7) is 9.17. The molecular weight excluding hydrogens is 491 g/mol. The lowest BCUT2D eigenvalue weighted by atomic mass is 9.43. The summed E-state index contributed by atoms with van der Waals surface area (Å²) in [4.78, 5) is 38.4. The molecule has 0 spiro atoms. The molecule has 0 aliphatic heterocycles. The quantitative estimate of drug-likeness (QED) is 0.468. The van der Waals surface area contributed by atoms with Crippen LogP contribution in [-0.4, -0.2) is 51.6 Å². The summed E-state index contributed by atoms with van der Waals surface area (Å²) >= 11 is 0. The highest BCUT2D eigenvalue weighted by Crippen LogP contribution is 2.72. The standard InChI is InChI=1S/C30H41FO7/c1-16-8-6-7-9-23(16)37-26(36)38-30(25(34)35)18(3)13-21-22-12-17(2)20-14-19(32)10-11-27(20,4)29(22,31)24(33)15-28(21,30)5/h10-11,14,16-18,21-24,33H,6-9,12-13,15H2,1-5H3,(H,34,35)/t16-,17-,18+,21-,22-,23+,24-,27-,28-,29-,30-/m0/s1. The van der Waals surface area contributed by atoms with Gasteiger partial charge in [-0.25, -0.2) is 14.0 Å². The highest BCUT2D eigenvalue weighted by atomic mass is 19.1. The zero-order chi connectivity index (χ0) is 27.8. The van der Waals surface area contributed by atoms with E-state index in [1.54, 1.807) is 26.8 Å². The molecule has 5 aliphatic carbocycles. The Kier molecular flexibility index (Phi) is 6.41. The minimum absolute atomic E-state index is 0.133. The average molecular weight is 533 g/mol. The molecule has 5 aliphatic rings. The smallest absolute Gasteiger partial charge is 0.478 e. The van der Waals surface area contributed by atoms with Gasteiger partial charge in [-0.2, -0.15) is 0 Å². The molecule has 0 aromatic carbocycles. The lowest BCUT2D eigenvalue weighted by molar-refractivity contribution is -0.231. The van der Waals surface area contributed by atoms with Gasteiger partial charge in [-0.15, -0.1) is 0 Å². The van der Waals surface area contributed by atoms with E-state index in [4.69, 9.17) is 9.47 Å². The van der Waals surface area contributed by atoms with Crippen molar-refractivity contribution in [3.8, 4) is 0 Å². The number of ether oxygens (including phenoxy) is 2. The number of aliphatic carboxylic acids is 1. The van der Waals surface area contributed by atoms with Crippen molar-refractivity contribution in [3.05, 3.63) is 23.8 Å². The normalized spacial score (nSPS) is 49.8. The number of carbonyl (C=O) groups excluding carboxylic acids is 2. The van der Waals surface area contributed by atoms with Crippen molar-refractivity contribution >= 4 is 17.9 Å². The molecule has 4 saturated carbocycles. The van der Waals surface area contributed by atoms with E-state index in [2.05, 4.69) is 0 Å². The van der Waals surface area contributed by atoms with E-state index in [0.717, 1.165) is 19.3 Å². The van der Waals surface area contributed by atoms with Crippen LogP contribution in [0.15, 0.2) is 23.8 Å². The third kappa shape index (κ3) is 3.44. The number of halogens is 1. The van der Waals surface area contributed by atoms with E-state index < -0.39 is 58.1 Å². The van der Waals surface area contributed by atoms with Gasteiger partial charge in [0.15, 0.2) is 11.5 Å². The monoisotopic (exact) mass is 532 g/mol. The first kappa shape index (κ1) is 27.4. The van der Waals surface area contributed by atoms with Gasteiger partial charge in [-0.05, 0) is 75.4 Å². The summed E-state index contributed by atoms with van der Waals surface area (Å²) in [6, 6.07) is 0. The van der Waals surface area contributed by atoms with Gasteiger partial charge in [0.25, 0.3) is 0 Å². The van der Waals surface area contributed by atoms with Gasteiger partial charge in [-0.1, -0.05) is 45.8 Å². The zero-order valence-electron chi connectivity index (χ0n) is 23.0. The maximum atomic E-state index is 17.5. The van der Waals surface area contributed by atoms with Gasteiger partial charge in [0, 0.05) is 22.7 Å². The molecule has 0 amide bonds. The van der Waals surface area contributed by atoms with Gasteiger partial charge in [0.1, 0.15) is 6.10 Å². The summed E-state index contributed by atoms with van der Waals surface area (Å²) in [5.41, 5.74) is -5.81. The summed E-state index contributed by atoms with van der Waals surface area (Å²) in [6.07, 6.45) is 5.73. The van der Waals surface area contributed by atoms with Crippen LogP contribution in [0.3, 0.4) is 0 Å². The maximum absolute atomic E-state index is 17.5. The van der Waals surface area contributed by atoms with Gasteiger partial charge >= 0.3 is 12.1 Å². The Morgan fingerprint density at radius 1 is 1.08 bits per heavy atom. The van der Waals surface area contributed by atoms with Crippen molar-refractivity contribution in [3.63, 3.8) is 0 Å². The number of aliphatic hydroxyl groups is 1. The van der Waals surface area contributed by atoms with Crippen LogP contribution in [0.25, 0.3) is 0 Å². The number of rotatable bonds is 3. The van der Waals surface area contributed by atoms with E-state index in [-0.39, 0.29) is 30.1 Å². The number of alkyl halides is 1. The highest BCUT2D eigenvalue weighted by Gasteiger charge is 2.78. The fourth-order valence-electron chi connectivity index (χ4n) is 9.37. The molecule has 0 heterocycles. The lowest BCUT2D eigenvalue weighted by Crippen LogP contribution is -2.70. The number of carboxylic acid groups (broad SMARTS) is 1. The Morgan fingerprint density at radius 2 is 1.76 bits per heavy atom. The molecular formula is C30H41FO7. The fourth-order valence-corrected chi connectivity index (χ4v) is 9.37. The van der Waals surface area contributed by atoms with Crippen LogP contribution >= 0.6 is 0 Å². The number of carbonyl (C=O) groups is 3. The molecule has 4 fully saturated rings. The van der Waals surface area contributed by atoms with Crippen molar-refractivity contribution < 1.29 is 38.5 Å². The fraction of sp³-hybridized carbons (Fsp3) is 0.767. The molecule has 0 unspecified atom stereocenters. The molecule has 0 aromatic rings. The molecule has 8 heteroatoms. The van der Waals surface area contributed by atoms with Crippen LogP contribution in [0.4, 0.5) is 9.18 Å². The number of fused-ring (bicyclic) bond motifs is 5. The number of carboxylic acids is 1. The second kappa shape index (κ2) is 8.90. The van der Waals surface area contributed by atoms with Crippen molar-refractivity contribution in [1.82, 2.24) is 0 Å². The minimum Gasteiger partial charge on any atom is -0.478 e. The van der Waals surface area contributed by atoms with Gasteiger partial charge in [0.2, 0.25) is 5.60 Å². The van der Waals surface area contributed by atoms with Gasteiger partial charge < -0.3 is 19.7 Å². The Morgan fingerprint density at radius 3 is 2.42 bits per heavy atom. The second-order valence-electron chi connectivity index (χ2n) is 13.2. The van der Waals surface area contributed by atoms with Crippen molar-refractivity contribution in [2.24, 2.45) is 40.4 Å². The summed E-state index contributed by atoms with van der Waals surface area (Å²) in [7, 11) is 0. The van der Waals surface area contributed by atoms with Crippen molar-refractivity contribution in [1.29, 1.82) is 0 Å². The number of allylic oxidation sites excluding steroid dienone is 4. The van der Waals surface area contributed by atoms with Crippen LogP contribution in [0.5, 0.6) is 0 Å². The largest absolute Gasteiger partial charge is 0.509 e. The van der Waals surface area contributed by atoms with E-state index in [0.29, 0.717) is 24.8 Å². The molecule has 210 valence electrons. The summed E-state index contributed by atoms with van der Waals surface area (Å²) in [5, 5.41) is 22.2. The first-order chi connectivity index (χ1) is 17.7. The second-order valence-corrected chi connectivity index (χ2v) is 13.2. The first-order valence-electron chi connectivity index (χ1n) is 14.2. The summed E-state index contributed by atoms with van der Waals surface area (Å²) in [5.74, 6) is -3.23. The van der Waals surface area contributed by atoms with Crippen LogP contribution < -0.4 is 0 Å². The predicted molar refractivity (Wildman–Crippen MR) is 137 cm³/mol. The van der Waals surface area contributed by atoms with Gasteiger partial charge in [-0.3, -0.25) is 4.79 Å². The number of hydrogen-bond donors (Lipinski definition) is 2. The average Bonchev–Trinajstić information content (AvgIpc) is 3.06. The lowest BCUT2D eigenvalue weighted by Gasteiger charge is -2.63. The predicted octanol–water partition coefficient (Wildman–Crippen LogP) is 5.40. The van der Waals surface area contributed by atoms with Crippen molar-refractivity contribution in [2.75, 3.05) is 0 Å². The molecule has 0 aromatic heterocycles. The SMILES string of the molecule is C[C@@H]1C[C@H]2[C@@H]3C[C@H](C)C4=CC(=O)C=C[C@]4(C)[C@@]3(F)[C@@H](O)C[C@]2(C)[C@@]1(OC(=O)O[C@@H]1CCCC[C@@H]1C)C(=O)O. The van der Waals surface area contributed by atoms with Crippen LogP contribution in [0.2, 0.25) is 0 Å². The molecule has 0 radical (unpaired) electrons. The Balaban J connectivity index is 1.52. The third-order valence-electron chi connectivity index (χ3n) is 11.4. The third-order valence-corrected chi connectivity index (χ3v) is 11.4. The zero-order valence-corrected chi connectivity index (χ0v) is 23.0. The summed E-state index contributed by atoms with van der Waals surface area (Å²) < 4.78 is 29.0. The van der Waals surface area contributed by atoms with Gasteiger partial charge in [0.05, 0.1) is 6.10 Å². The van der Waals surface area contributed by atoms with E-state index in [1.807, 2.05) is 13.8 Å². The molecule has 0 saturated heterocycles. The molecule has 38 heavy (non-hydrogen) atoms. The maximum Gasteiger partial charge on any atom is 0.509 e. The minimum atomic E-state index is -2.10. The molecule has 2 N–H and O–H groups in total. The number of aliphatic hydroxyl groups excluding tert-OH is 1. The van der Waals surface area contributed by atoms with Crippen molar-refractivity contribution in [2.45, 2.75) is 103 Å². The highest BCUT2D eigenvalue weighted by molar-refractivity contribution is 6.01. The number of hydrogen-bond acceptors (Lipinski definition) is 6. The Bertz CT molecular complexity index is 1100. The molecule has 0 bridgehead atoms. The number of ketones is 1. The van der Waals surface area contributed by atoms with E-state index in [1.165, 1.54) is 12.2 Å². The van der Waals surface area contributed by atoms with Crippen LogP contribution in [0, 0.1) is 40.4 Å². The van der Waals surface area contributed by atoms with Crippen LogP contribution in [-0.2, 0) is 19.1 Å². The topological polar surface area (TPSA) is 110 Å². The Labute approximate surface area is 223 Å². The first-order valence-corrected chi connectivity index (χ1v) is 14.2. The molecule has 7 nitrogen and oxygen atoms in total. The Hall–Kier alpha value is -2.22. The van der Waals surface area contributed by atoms with Crippen LogP contribution in [0.1, 0.15) is 79.6 Å².